The second kappa shape index (κ2) is 7.51. The number of alkyl halides is 3. The highest BCUT2D eigenvalue weighted by Gasteiger charge is 2.35. The molecule has 136 valence electrons. The van der Waals surface area contributed by atoms with Crippen molar-refractivity contribution in [1.82, 2.24) is 14.3 Å². The molecule has 1 fully saturated rings. The van der Waals surface area contributed by atoms with E-state index in [4.69, 9.17) is 9.47 Å². The smallest absolute Gasteiger partial charge is 0.390 e. The van der Waals surface area contributed by atoms with E-state index in [1.807, 2.05) is 0 Å². The highest BCUT2D eigenvalue weighted by atomic mass is 32.2. The molecule has 0 spiro atoms. The lowest BCUT2D eigenvalue weighted by atomic mass is 10.1. The molecular formula is C13H18F3N3O4S. The lowest BCUT2D eigenvalue weighted by Gasteiger charge is -2.31. The fourth-order valence-electron chi connectivity index (χ4n) is 2.28. The van der Waals surface area contributed by atoms with Crippen LogP contribution in [-0.4, -0.2) is 60.9 Å². The number of piperidine rings is 1. The molecule has 11 heteroatoms. The van der Waals surface area contributed by atoms with Gasteiger partial charge in [-0.25, -0.2) is 8.42 Å². The van der Waals surface area contributed by atoms with Crippen molar-refractivity contribution >= 4 is 10.0 Å². The van der Waals surface area contributed by atoms with Gasteiger partial charge in [0, 0.05) is 6.54 Å². The maximum Gasteiger partial charge on any atom is 0.390 e. The van der Waals surface area contributed by atoms with E-state index in [9.17, 15) is 21.6 Å². The molecule has 0 saturated carbocycles. The molecule has 24 heavy (non-hydrogen) atoms. The van der Waals surface area contributed by atoms with Gasteiger partial charge in [-0.2, -0.15) is 22.5 Å². The molecule has 1 aromatic rings. The first-order valence-electron chi connectivity index (χ1n) is 7.27. The Hall–Kier alpha value is -1.62. The zero-order valence-electron chi connectivity index (χ0n) is 13.0. The molecule has 1 saturated heterocycles. The fraction of sp³-hybridized carbons (Fsp3) is 0.692. The van der Waals surface area contributed by atoms with Crippen LogP contribution < -0.4 is 9.47 Å². The first-order chi connectivity index (χ1) is 11.2. The van der Waals surface area contributed by atoms with Crippen LogP contribution in [0.15, 0.2) is 12.4 Å². The van der Waals surface area contributed by atoms with Crippen LogP contribution in [-0.2, 0) is 10.0 Å². The fourth-order valence-corrected chi connectivity index (χ4v) is 3.83. The number of methoxy groups -OCH3 is 1. The second-order valence-corrected chi connectivity index (χ2v) is 7.41. The highest BCUT2D eigenvalue weighted by Crippen LogP contribution is 2.24. The summed E-state index contributed by atoms with van der Waals surface area (Å²) < 4.78 is 72.4. The Kier molecular flexibility index (Phi) is 5.86. The van der Waals surface area contributed by atoms with Crippen molar-refractivity contribution in [3.05, 3.63) is 12.4 Å². The van der Waals surface area contributed by atoms with Crippen LogP contribution in [0.4, 0.5) is 13.2 Å². The number of nitrogens with zero attached hydrogens (tertiary/aromatic N) is 3. The van der Waals surface area contributed by atoms with Gasteiger partial charge in [0.1, 0.15) is 6.10 Å². The third-order valence-electron chi connectivity index (χ3n) is 3.46. The Morgan fingerprint density at radius 3 is 2.71 bits per heavy atom. The predicted octanol–water partition coefficient (Wildman–Crippen LogP) is 1.61. The Morgan fingerprint density at radius 2 is 2.04 bits per heavy atom. The Labute approximate surface area is 137 Å². The molecule has 7 nitrogen and oxygen atoms in total. The van der Waals surface area contributed by atoms with Crippen molar-refractivity contribution in [3.8, 4) is 11.8 Å². The van der Waals surface area contributed by atoms with Gasteiger partial charge in [0.25, 0.3) is 0 Å². The van der Waals surface area contributed by atoms with Gasteiger partial charge in [-0.1, -0.05) is 0 Å². The number of rotatable bonds is 6. The summed E-state index contributed by atoms with van der Waals surface area (Å²) in [6.07, 6.45) is -2.55. The number of sulfonamides is 1. The van der Waals surface area contributed by atoms with Gasteiger partial charge in [-0.3, -0.25) is 4.98 Å². The number of hydrogen-bond acceptors (Lipinski definition) is 6. The van der Waals surface area contributed by atoms with E-state index in [0.29, 0.717) is 12.8 Å². The maximum absolute atomic E-state index is 12.3. The van der Waals surface area contributed by atoms with Gasteiger partial charge in [0.15, 0.2) is 0 Å². The molecule has 2 heterocycles. The lowest BCUT2D eigenvalue weighted by Crippen LogP contribution is -2.45. The summed E-state index contributed by atoms with van der Waals surface area (Å²) >= 11 is 0. The Morgan fingerprint density at radius 1 is 1.33 bits per heavy atom. The Bertz CT molecular complexity index is 654. The minimum Gasteiger partial charge on any atom is -0.480 e. The van der Waals surface area contributed by atoms with Crippen molar-refractivity contribution < 1.29 is 31.1 Å². The average Bonchev–Trinajstić information content (AvgIpc) is 2.53. The molecule has 0 bridgehead atoms. The standard InChI is InChI=1S/C13H18F3N3O4S/c1-22-11-7-17-8-12(18-11)23-10-3-2-5-19(9-10)24(20,21)6-4-13(14,15)16/h7-8,10H,2-6,9H2,1H3. The maximum atomic E-state index is 12.3. The monoisotopic (exact) mass is 369 g/mol. The third-order valence-corrected chi connectivity index (χ3v) is 5.30. The Balaban J connectivity index is 1.98. The second-order valence-electron chi connectivity index (χ2n) is 5.32. The van der Waals surface area contributed by atoms with Crippen molar-refractivity contribution in [3.63, 3.8) is 0 Å². The van der Waals surface area contributed by atoms with E-state index in [1.165, 1.54) is 19.5 Å². The van der Waals surface area contributed by atoms with Crippen LogP contribution in [0.1, 0.15) is 19.3 Å². The molecule has 0 radical (unpaired) electrons. The van der Waals surface area contributed by atoms with Gasteiger partial charge in [0.05, 0.1) is 38.2 Å². The zero-order chi connectivity index (χ0) is 17.8. The molecule has 2 rings (SSSR count). The molecule has 0 amide bonds. The van der Waals surface area contributed by atoms with Gasteiger partial charge >= 0.3 is 6.18 Å². The lowest BCUT2D eigenvalue weighted by molar-refractivity contribution is -0.130. The summed E-state index contributed by atoms with van der Waals surface area (Å²) in [5, 5.41) is 0. The molecule has 1 aliphatic heterocycles. The number of aromatic nitrogens is 2. The van der Waals surface area contributed by atoms with E-state index in [2.05, 4.69) is 9.97 Å². The minimum absolute atomic E-state index is 0.0148. The quantitative estimate of drug-likeness (QED) is 0.758. The largest absolute Gasteiger partial charge is 0.480 e. The average molecular weight is 369 g/mol. The van der Waals surface area contributed by atoms with Crippen LogP contribution in [0.25, 0.3) is 0 Å². The van der Waals surface area contributed by atoms with Crippen molar-refractivity contribution in [2.24, 2.45) is 0 Å². The van der Waals surface area contributed by atoms with Crippen LogP contribution in [0.3, 0.4) is 0 Å². The summed E-state index contributed by atoms with van der Waals surface area (Å²) in [6, 6.07) is 0. The zero-order valence-corrected chi connectivity index (χ0v) is 13.8. The van der Waals surface area contributed by atoms with Gasteiger partial charge in [-0.05, 0) is 12.8 Å². The van der Waals surface area contributed by atoms with Crippen LogP contribution in [0.2, 0.25) is 0 Å². The van der Waals surface area contributed by atoms with Gasteiger partial charge < -0.3 is 9.47 Å². The third kappa shape index (κ3) is 5.48. The van der Waals surface area contributed by atoms with E-state index in [0.717, 1.165) is 4.31 Å². The summed E-state index contributed by atoms with van der Waals surface area (Å²) in [6.45, 7) is 0.170. The minimum atomic E-state index is -4.51. The van der Waals surface area contributed by atoms with Crippen LogP contribution in [0, 0.1) is 0 Å². The van der Waals surface area contributed by atoms with E-state index in [1.54, 1.807) is 0 Å². The topological polar surface area (TPSA) is 81.6 Å². The number of halogens is 3. The van der Waals surface area contributed by atoms with E-state index < -0.39 is 34.5 Å². The summed E-state index contributed by atoms with van der Waals surface area (Å²) in [4.78, 5) is 7.89. The normalized spacial score (nSPS) is 19.9. The molecular weight excluding hydrogens is 351 g/mol. The molecule has 1 atom stereocenters. The van der Waals surface area contributed by atoms with Gasteiger partial charge in [-0.15, -0.1) is 0 Å². The predicted molar refractivity (Wildman–Crippen MR) is 78.3 cm³/mol. The summed E-state index contributed by atoms with van der Waals surface area (Å²) in [5.74, 6) is -0.533. The number of ether oxygens (including phenoxy) is 2. The first-order valence-corrected chi connectivity index (χ1v) is 8.88. The first kappa shape index (κ1) is 18.7. The molecule has 0 N–H and O–H groups in total. The van der Waals surface area contributed by atoms with Crippen molar-refractivity contribution in [1.29, 1.82) is 0 Å². The summed E-state index contributed by atoms with van der Waals surface area (Å²) in [7, 11) is -2.56. The molecule has 0 aliphatic carbocycles. The molecule has 1 aromatic heterocycles. The van der Waals surface area contributed by atoms with E-state index >= 15 is 0 Å². The van der Waals surface area contributed by atoms with E-state index in [-0.39, 0.29) is 24.8 Å². The van der Waals surface area contributed by atoms with Gasteiger partial charge in [0.2, 0.25) is 21.8 Å². The van der Waals surface area contributed by atoms with Crippen LogP contribution >= 0.6 is 0 Å². The number of hydrogen-bond donors (Lipinski definition) is 0. The molecule has 0 aromatic carbocycles. The molecule has 1 aliphatic rings. The SMILES string of the molecule is COc1cncc(OC2CCCN(S(=O)(=O)CCC(F)(F)F)C2)n1. The summed E-state index contributed by atoms with van der Waals surface area (Å²) in [5.41, 5.74) is 0. The molecule has 1 unspecified atom stereocenters. The highest BCUT2D eigenvalue weighted by molar-refractivity contribution is 7.89. The van der Waals surface area contributed by atoms with Crippen molar-refractivity contribution in [2.75, 3.05) is 26.0 Å². The van der Waals surface area contributed by atoms with Crippen molar-refractivity contribution in [2.45, 2.75) is 31.5 Å². The van der Waals surface area contributed by atoms with Crippen LogP contribution in [0.5, 0.6) is 11.8 Å².